The Labute approximate surface area is 132 Å². The monoisotopic (exact) mass is 308 g/mol. The summed E-state index contributed by atoms with van der Waals surface area (Å²) < 4.78 is 11.4. The number of carbonyl (C=O) groups excluding carboxylic acids is 2. The zero-order valence-electron chi connectivity index (χ0n) is 14.2. The molecule has 4 fully saturated rings. The van der Waals surface area contributed by atoms with Crippen molar-refractivity contribution in [3.8, 4) is 0 Å². The van der Waals surface area contributed by atoms with Crippen molar-refractivity contribution in [3.63, 3.8) is 0 Å². The topological polar surface area (TPSA) is 52.6 Å². The highest BCUT2D eigenvalue weighted by Gasteiger charge is 2.60. The summed E-state index contributed by atoms with van der Waals surface area (Å²) in [7, 11) is 0. The molecule has 5 atom stereocenters. The molecule has 124 valence electrons. The molecule has 0 saturated heterocycles. The molecule has 0 radical (unpaired) electrons. The lowest BCUT2D eigenvalue weighted by Crippen LogP contribution is -2.62. The number of ether oxygens (including phenoxy) is 2. The van der Waals surface area contributed by atoms with Crippen LogP contribution in [0.15, 0.2) is 0 Å². The van der Waals surface area contributed by atoms with E-state index in [1.807, 2.05) is 20.8 Å². The number of Topliss-reactive ketones (excluding diaryl/α,β-unsaturated/α-hetero) is 1. The van der Waals surface area contributed by atoms with Gasteiger partial charge in [-0.1, -0.05) is 6.92 Å². The van der Waals surface area contributed by atoms with E-state index in [0.29, 0.717) is 17.6 Å². The van der Waals surface area contributed by atoms with Crippen LogP contribution in [0.4, 0.5) is 0 Å². The van der Waals surface area contributed by atoms with Crippen molar-refractivity contribution in [2.24, 2.45) is 29.1 Å². The predicted molar refractivity (Wildman–Crippen MR) is 82.0 cm³/mol. The molecular weight excluding hydrogens is 280 g/mol. The lowest BCUT2D eigenvalue weighted by Gasteiger charge is -2.58. The number of ketones is 1. The summed E-state index contributed by atoms with van der Waals surface area (Å²) in [5.74, 6) is 1.56. The Balaban J connectivity index is 1.62. The van der Waals surface area contributed by atoms with Crippen LogP contribution in [-0.2, 0) is 19.1 Å². The van der Waals surface area contributed by atoms with E-state index in [4.69, 9.17) is 9.47 Å². The summed E-state index contributed by atoms with van der Waals surface area (Å²) in [6.07, 6.45) is 4.89. The van der Waals surface area contributed by atoms with Gasteiger partial charge in [0.25, 0.3) is 0 Å². The smallest absolute Gasteiger partial charge is 0.313 e. The summed E-state index contributed by atoms with van der Waals surface area (Å²) >= 11 is 0. The summed E-state index contributed by atoms with van der Waals surface area (Å²) in [6.45, 7) is 7.75. The molecule has 4 aliphatic carbocycles. The van der Waals surface area contributed by atoms with Gasteiger partial charge < -0.3 is 9.47 Å². The number of hydrogen-bond donors (Lipinski definition) is 0. The maximum Gasteiger partial charge on any atom is 0.313 e. The van der Waals surface area contributed by atoms with E-state index < -0.39 is 11.0 Å². The summed E-state index contributed by atoms with van der Waals surface area (Å²) in [4.78, 5) is 24.5. The Morgan fingerprint density at radius 3 is 2.68 bits per heavy atom. The van der Waals surface area contributed by atoms with Crippen molar-refractivity contribution in [3.05, 3.63) is 0 Å². The van der Waals surface area contributed by atoms with E-state index in [9.17, 15) is 9.59 Å². The Morgan fingerprint density at radius 2 is 2.00 bits per heavy atom. The SMILES string of the molecule is CCC(C)(C)C(=O)OCOC1(C)C2CC3CC(C2)C(=O)C1C3. The van der Waals surface area contributed by atoms with E-state index in [-0.39, 0.29) is 24.6 Å². The van der Waals surface area contributed by atoms with Crippen LogP contribution in [0.25, 0.3) is 0 Å². The first-order valence-corrected chi connectivity index (χ1v) is 8.63. The minimum Gasteiger partial charge on any atom is -0.438 e. The first-order valence-electron chi connectivity index (χ1n) is 8.63. The second-order valence-electron chi connectivity index (χ2n) is 8.27. The van der Waals surface area contributed by atoms with E-state index in [1.165, 1.54) is 0 Å². The van der Waals surface area contributed by atoms with Crippen LogP contribution in [0.2, 0.25) is 0 Å². The molecule has 0 spiro atoms. The highest BCUT2D eigenvalue weighted by atomic mass is 16.7. The van der Waals surface area contributed by atoms with Gasteiger partial charge in [-0.3, -0.25) is 9.59 Å². The number of hydrogen-bond acceptors (Lipinski definition) is 4. The van der Waals surface area contributed by atoms with Gasteiger partial charge in [-0.05, 0) is 64.7 Å². The molecule has 0 aliphatic heterocycles. The van der Waals surface area contributed by atoms with E-state index >= 15 is 0 Å². The molecule has 4 aliphatic rings. The maximum absolute atomic E-state index is 12.5. The van der Waals surface area contributed by atoms with Crippen molar-refractivity contribution >= 4 is 11.8 Å². The minimum atomic E-state index is -0.482. The van der Waals surface area contributed by atoms with Crippen LogP contribution >= 0.6 is 0 Å². The molecule has 0 heterocycles. The zero-order valence-corrected chi connectivity index (χ0v) is 14.2. The largest absolute Gasteiger partial charge is 0.438 e. The fraction of sp³-hybridized carbons (Fsp3) is 0.889. The number of esters is 1. The fourth-order valence-corrected chi connectivity index (χ4v) is 4.63. The van der Waals surface area contributed by atoms with Crippen LogP contribution in [0.3, 0.4) is 0 Å². The molecule has 4 saturated carbocycles. The Kier molecular flexibility index (Phi) is 3.87. The quantitative estimate of drug-likeness (QED) is 0.577. The van der Waals surface area contributed by atoms with Crippen molar-refractivity contribution in [2.45, 2.75) is 65.4 Å². The van der Waals surface area contributed by atoms with E-state index in [0.717, 1.165) is 32.1 Å². The van der Waals surface area contributed by atoms with Gasteiger partial charge in [0, 0.05) is 11.8 Å². The van der Waals surface area contributed by atoms with Crippen molar-refractivity contribution in [2.75, 3.05) is 6.79 Å². The molecule has 0 aromatic carbocycles. The van der Waals surface area contributed by atoms with Crippen LogP contribution in [0, 0.1) is 29.1 Å². The molecule has 5 unspecified atom stereocenters. The second-order valence-corrected chi connectivity index (χ2v) is 8.27. The summed E-state index contributed by atoms with van der Waals surface area (Å²) in [5.41, 5.74) is -0.925. The van der Waals surface area contributed by atoms with Crippen LogP contribution < -0.4 is 0 Å². The Morgan fingerprint density at radius 1 is 1.27 bits per heavy atom. The molecule has 0 aromatic heterocycles. The van der Waals surface area contributed by atoms with Gasteiger partial charge in [0.2, 0.25) is 0 Å². The summed E-state index contributed by atoms with van der Waals surface area (Å²) in [6, 6.07) is 0. The third-order valence-corrected chi connectivity index (χ3v) is 6.62. The zero-order chi connectivity index (χ0) is 16.1. The minimum absolute atomic E-state index is 0.00152. The van der Waals surface area contributed by atoms with Crippen molar-refractivity contribution < 1.29 is 19.1 Å². The average molecular weight is 308 g/mol. The Bertz CT molecular complexity index is 483. The molecule has 4 nitrogen and oxygen atoms in total. The van der Waals surface area contributed by atoms with E-state index in [2.05, 4.69) is 6.92 Å². The first-order chi connectivity index (χ1) is 10.3. The molecule has 4 rings (SSSR count). The van der Waals surface area contributed by atoms with Gasteiger partial charge in [-0.2, -0.15) is 0 Å². The van der Waals surface area contributed by atoms with Crippen molar-refractivity contribution in [1.82, 2.24) is 0 Å². The lowest BCUT2D eigenvalue weighted by atomic mass is 9.49. The number of carbonyl (C=O) groups is 2. The lowest BCUT2D eigenvalue weighted by molar-refractivity contribution is -0.227. The fourth-order valence-electron chi connectivity index (χ4n) is 4.63. The highest BCUT2D eigenvalue weighted by molar-refractivity contribution is 5.86. The standard InChI is InChI=1S/C18H28O4/c1-5-17(2,3)16(20)21-10-22-18(4)13-7-11-6-12(9-13)15(19)14(18)8-11/h11-14H,5-10H2,1-4H3. The molecule has 4 heteroatoms. The summed E-state index contributed by atoms with van der Waals surface area (Å²) in [5, 5.41) is 0. The van der Waals surface area contributed by atoms with Crippen LogP contribution in [-0.4, -0.2) is 24.1 Å². The van der Waals surface area contributed by atoms with Crippen LogP contribution in [0.5, 0.6) is 0 Å². The molecule has 4 bridgehead atoms. The van der Waals surface area contributed by atoms with Gasteiger partial charge in [0.05, 0.1) is 11.0 Å². The van der Waals surface area contributed by atoms with Gasteiger partial charge in [-0.25, -0.2) is 0 Å². The molecule has 0 aromatic rings. The first kappa shape index (κ1) is 16.0. The van der Waals surface area contributed by atoms with Gasteiger partial charge in [-0.15, -0.1) is 0 Å². The normalized spacial score (nSPS) is 40.1. The highest BCUT2D eigenvalue weighted by Crippen LogP contribution is 2.57. The number of rotatable bonds is 5. The molecule has 0 amide bonds. The molecular formula is C18H28O4. The average Bonchev–Trinajstić information content (AvgIpc) is 2.48. The Hall–Kier alpha value is -0.900. The van der Waals surface area contributed by atoms with Gasteiger partial charge in [0.15, 0.2) is 6.79 Å². The second kappa shape index (κ2) is 5.33. The predicted octanol–water partition coefficient (Wildman–Crippen LogP) is 3.33. The van der Waals surface area contributed by atoms with E-state index in [1.54, 1.807) is 0 Å². The third-order valence-electron chi connectivity index (χ3n) is 6.62. The van der Waals surface area contributed by atoms with Crippen molar-refractivity contribution in [1.29, 1.82) is 0 Å². The van der Waals surface area contributed by atoms with Crippen LogP contribution in [0.1, 0.15) is 59.8 Å². The molecule has 0 N–H and O–H groups in total. The maximum atomic E-state index is 12.5. The third kappa shape index (κ3) is 2.40. The molecule has 22 heavy (non-hydrogen) atoms. The van der Waals surface area contributed by atoms with Gasteiger partial charge >= 0.3 is 5.97 Å². The van der Waals surface area contributed by atoms with Gasteiger partial charge in [0.1, 0.15) is 5.78 Å².